The van der Waals surface area contributed by atoms with Crippen LogP contribution in [0.4, 0.5) is 5.69 Å². The third-order valence-corrected chi connectivity index (χ3v) is 7.91. The number of ether oxygens (including phenoxy) is 1. The van der Waals surface area contributed by atoms with Crippen LogP contribution in [0.2, 0.25) is 0 Å². The van der Waals surface area contributed by atoms with Gasteiger partial charge >= 0.3 is 0 Å². The maximum absolute atomic E-state index is 6.05. The minimum Gasteiger partial charge on any atom is -0.457 e. The van der Waals surface area contributed by atoms with Crippen molar-refractivity contribution in [1.29, 1.82) is 0 Å². The number of rotatable bonds is 7. The first-order valence-corrected chi connectivity index (χ1v) is 14.1. The highest BCUT2D eigenvalue weighted by Crippen LogP contribution is 2.44. The second kappa shape index (κ2) is 11.0. The fourth-order valence-electron chi connectivity index (χ4n) is 5.73. The van der Waals surface area contributed by atoms with Crippen molar-refractivity contribution in [2.45, 2.75) is 39.3 Å². The summed E-state index contributed by atoms with van der Waals surface area (Å²) in [6, 6.07) is 34.8. The van der Waals surface area contributed by atoms with E-state index in [9.17, 15) is 0 Å². The van der Waals surface area contributed by atoms with Crippen molar-refractivity contribution < 1.29 is 4.74 Å². The molecule has 5 aromatic rings. The van der Waals surface area contributed by atoms with E-state index in [4.69, 9.17) is 21.9 Å². The molecule has 0 bridgehead atoms. The number of hydrogen-bond donors (Lipinski definition) is 1. The van der Waals surface area contributed by atoms with Gasteiger partial charge in [0.25, 0.3) is 0 Å². The Morgan fingerprint density at radius 2 is 1.55 bits per heavy atom. The van der Waals surface area contributed by atoms with Crippen LogP contribution in [0, 0.1) is 13.8 Å². The summed E-state index contributed by atoms with van der Waals surface area (Å²) >= 11 is 5.98. The number of benzene rings is 3. The Morgan fingerprint density at radius 1 is 0.850 bits per heavy atom. The lowest BCUT2D eigenvalue weighted by molar-refractivity contribution is 0.482. The molecular weight excluding hydrogens is 512 g/mol. The number of thiocarbonyl (C=S) groups is 1. The third-order valence-electron chi connectivity index (χ3n) is 7.59. The van der Waals surface area contributed by atoms with Gasteiger partial charge in [0.15, 0.2) is 5.11 Å². The number of hydrogen-bond acceptors (Lipinski definition) is 3. The molecule has 0 spiro atoms. The lowest BCUT2D eigenvalue weighted by Crippen LogP contribution is -2.29. The molecule has 0 amide bonds. The van der Waals surface area contributed by atoms with Gasteiger partial charge in [-0.3, -0.25) is 4.98 Å². The molecule has 1 fully saturated rings. The van der Waals surface area contributed by atoms with Crippen LogP contribution in [0.15, 0.2) is 109 Å². The van der Waals surface area contributed by atoms with Gasteiger partial charge in [-0.05, 0) is 104 Å². The molecule has 3 aromatic carbocycles. The van der Waals surface area contributed by atoms with Crippen molar-refractivity contribution in [2.24, 2.45) is 0 Å². The predicted octanol–water partition coefficient (Wildman–Crippen LogP) is 8.02. The molecule has 6 rings (SSSR count). The molecule has 0 unspecified atom stereocenters. The molecular formula is C34H32N4OS. The van der Waals surface area contributed by atoms with E-state index in [0.29, 0.717) is 5.11 Å². The van der Waals surface area contributed by atoms with Crippen LogP contribution in [0.5, 0.6) is 11.5 Å². The highest BCUT2D eigenvalue weighted by molar-refractivity contribution is 7.80. The summed E-state index contributed by atoms with van der Waals surface area (Å²) in [6.07, 6.45) is 2.81. The van der Waals surface area contributed by atoms with E-state index in [1.165, 1.54) is 28.2 Å². The number of para-hydroxylation sites is 2. The second-order valence-corrected chi connectivity index (χ2v) is 10.4. The Bertz CT molecular complexity index is 1630. The van der Waals surface area contributed by atoms with E-state index in [1.807, 2.05) is 60.8 Å². The topological polar surface area (TPSA) is 42.3 Å². The van der Waals surface area contributed by atoms with Gasteiger partial charge in [0, 0.05) is 29.0 Å². The first-order chi connectivity index (χ1) is 19.5. The quantitative estimate of drug-likeness (QED) is 0.210. The van der Waals surface area contributed by atoms with Gasteiger partial charge in [0.2, 0.25) is 0 Å². The molecule has 2 aromatic heterocycles. The number of aryl methyl sites for hydroxylation is 2. The van der Waals surface area contributed by atoms with E-state index < -0.39 is 0 Å². The Kier molecular flexibility index (Phi) is 7.10. The molecule has 0 radical (unpaired) electrons. The van der Waals surface area contributed by atoms with Gasteiger partial charge in [-0.15, -0.1) is 0 Å². The zero-order chi connectivity index (χ0) is 27.6. The van der Waals surface area contributed by atoms with Crippen LogP contribution >= 0.6 is 12.2 Å². The van der Waals surface area contributed by atoms with Crippen LogP contribution < -0.4 is 15.0 Å². The summed E-state index contributed by atoms with van der Waals surface area (Å²) in [7, 11) is 0. The standard InChI is InChI=1S/C34H32N4OS/c1-4-25-12-8-9-16-31(25)37-23(2)22-29(24(37)3)33-32(30-15-10-11-21-35-30)36-34(40)38(33)26-17-19-28(20-18-26)39-27-13-6-5-7-14-27/h5-22,32-33H,4H2,1-3H3,(H,36,40)/t32-,33+/m1/s1. The van der Waals surface area contributed by atoms with Gasteiger partial charge in [-0.2, -0.15) is 0 Å². The van der Waals surface area contributed by atoms with Crippen molar-refractivity contribution in [3.63, 3.8) is 0 Å². The third kappa shape index (κ3) is 4.75. The molecule has 2 atom stereocenters. The van der Waals surface area contributed by atoms with Crippen molar-refractivity contribution in [3.05, 3.63) is 138 Å². The largest absolute Gasteiger partial charge is 0.457 e. The molecule has 1 saturated heterocycles. The van der Waals surface area contributed by atoms with E-state index >= 15 is 0 Å². The maximum atomic E-state index is 6.05. The van der Waals surface area contributed by atoms with Crippen molar-refractivity contribution in [2.75, 3.05) is 4.90 Å². The molecule has 0 aliphatic carbocycles. The minimum absolute atomic E-state index is 0.0861. The normalized spacial score (nSPS) is 16.7. The molecule has 40 heavy (non-hydrogen) atoms. The average Bonchev–Trinajstić information content (AvgIpc) is 3.49. The molecule has 5 nitrogen and oxygen atoms in total. The highest BCUT2D eigenvalue weighted by atomic mass is 32.1. The molecule has 1 N–H and O–H groups in total. The first kappa shape index (κ1) is 25.8. The van der Waals surface area contributed by atoms with Gasteiger partial charge < -0.3 is 19.5 Å². The predicted molar refractivity (Wildman–Crippen MR) is 166 cm³/mol. The lowest BCUT2D eigenvalue weighted by Gasteiger charge is -2.28. The zero-order valence-electron chi connectivity index (χ0n) is 22.9. The molecule has 200 valence electrons. The summed E-state index contributed by atoms with van der Waals surface area (Å²) in [4.78, 5) is 6.95. The number of pyridine rings is 1. The average molecular weight is 545 g/mol. The minimum atomic E-state index is -0.107. The summed E-state index contributed by atoms with van der Waals surface area (Å²) in [5.41, 5.74) is 8.12. The summed E-state index contributed by atoms with van der Waals surface area (Å²) in [6.45, 7) is 6.59. The maximum Gasteiger partial charge on any atom is 0.174 e. The smallest absolute Gasteiger partial charge is 0.174 e. The molecule has 6 heteroatoms. The number of anilines is 1. The zero-order valence-corrected chi connectivity index (χ0v) is 23.7. The first-order valence-electron chi connectivity index (χ1n) is 13.7. The molecule has 1 aliphatic rings. The molecule has 3 heterocycles. The molecule has 0 saturated carbocycles. The van der Waals surface area contributed by atoms with E-state index in [1.54, 1.807) is 0 Å². The Hall–Kier alpha value is -4.42. The van der Waals surface area contributed by atoms with Crippen LogP contribution in [0.25, 0.3) is 5.69 Å². The van der Waals surface area contributed by atoms with Crippen molar-refractivity contribution >= 4 is 23.0 Å². The summed E-state index contributed by atoms with van der Waals surface area (Å²) < 4.78 is 8.43. The Morgan fingerprint density at radius 3 is 2.27 bits per heavy atom. The lowest BCUT2D eigenvalue weighted by atomic mass is 9.96. The highest BCUT2D eigenvalue weighted by Gasteiger charge is 2.42. The van der Waals surface area contributed by atoms with Gasteiger partial charge in [-0.25, -0.2) is 0 Å². The van der Waals surface area contributed by atoms with Gasteiger partial charge in [0.1, 0.15) is 11.5 Å². The molecule has 1 aliphatic heterocycles. The van der Waals surface area contributed by atoms with Crippen molar-refractivity contribution in [3.8, 4) is 17.2 Å². The SMILES string of the molecule is CCc1ccccc1-n1c(C)cc([C@H]2[C@@H](c3ccccn3)NC(=S)N2c2ccc(Oc3ccccc3)cc2)c1C. The fraction of sp³-hybridized carbons (Fsp3) is 0.176. The fourth-order valence-corrected chi connectivity index (χ4v) is 6.08. The number of nitrogens with zero attached hydrogens (tertiary/aromatic N) is 3. The second-order valence-electron chi connectivity index (χ2n) is 10.0. The van der Waals surface area contributed by atoms with Crippen LogP contribution in [0.3, 0.4) is 0 Å². The van der Waals surface area contributed by atoms with Crippen LogP contribution in [0.1, 0.15) is 47.2 Å². The summed E-state index contributed by atoms with van der Waals surface area (Å²) in [5, 5.41) is 4.27. The van der Waals surface area contributed by atoms with E-state index in [0.717, 1.165) is 29.3 Å². The summed E-state index contributed by atoms with van der Waals surface area (Å²) in [5.74, 6) is 1.58. The van der Waals surface area contributed by atoms with E-state index in [-0.39, 0.29) is 12.1 Å². The number of aromatic nitrogens is 2. The Labute approximate surface area is 241 Å². The monoisotopic (exact) mass is 544 g/mol. The number of nitrogens with one attached hydrogen (secondary N) is 1. The van der Waals surface area contributed by atoms with Gasteiger partial charge in [0.05, 0.1) is 17.8 Å². The van der Waals surface area contributed by atoms with Gasteiger partial charge in [-0.1, -0.05) is 49.4 Å². The Balaban J connectivity index is 1.43. The van der Waals surface area contributed by atoms with Crippen LogP contribution in [-0.4, -0.2) is 14.7 Å². The van der Waals surface area contributed by atoms with Crippen molar-refractivity contribution in [1.82, 2.24) is 14.9 Å². The van der Waals surface area contributed by atoms with Crippen LogP contribution in [-0.2, 0) is 6.42 Å². The van der Waals surface area contributed by atoms with E-state index in [2.05, 4.69) is 84.1 Å².